The Balaban J connectivity index is 1.30. The van der Waals surface area contributed by atoms with Gasteiger partial charge in [-0.15, -0.1) is 11.8 Å². The maximum atomic E-state index is 14.5. The number of likely N-dealkylation sites (tertiary alicyclic amines) is 1. The van der Waals surface area contributed by atoms with Gasteiger partial charge in [-0.2, -0.15) is 26.3 Å². The second kappa shape index (κ2) is 12.8. The average Bonchev–Trinajstić information content (AvgIpc) is 3.42. The first kappa shape index (κ1) is 36.1. The molecular weight excluding hydrogens is 701 g/mol. The van der Waals surface area contributed by atoms with Crippen molar-refractivity contribution in [2.45, 2.75) is 66.3 Å². The van der Waals surface area contributed by atoms with E-state index in [1.165, 1.54) is 36.0 Å². The van der Waals surface area contributed by atoms with Gasteiger partial charge in [-0.05, 0) is 79.5 Å². The summed E-state index contributed by atoms with van der Waals surface area (Å²) in [4.78, 5) is 26.9. The highest BCUT2D eigenvalue weighted by Crippen LogP contribution is 2.62. The Morgan fingerprint density at radius 2 is 1.38 bits per heavy atom. The molecule has 1 amide bonds. The zero-order chi connectivity index (χ0) is 36.3. The van der Waals surface area contributed by atoms with Gasteiger partial charge in [-0.3, -0.25) is 9.59 Å². The zero-order valence-corrected chi connectivity index (χ0v) is 26.9. The Bertz CT molecular complexity index is 1720. The van der Waals surface area contributed by atoms with Gasteiger partial charge in [0.15, 0.2) is 0 Å². The summed E-state index contributed by atoms with van der Waals surface area (Å²) < 4.78 is 133. The van der Waals surface area contributed by atoms with Crippen LogP contribution < -0.4 is 0 Å². The maximum absolute atomic E-state index is 14.5. The molecule has 1 N–H and O–H groups in total. The van der Waals surface area contributed by atoms with Gasteiger partial charge >= 0.3 is 18.3 Å². The third-order valence-electron chi connectivity index (χ3n) is 10.2. The molecule has 0 bridgehead atoms. The molecule has 1 atom stereocenters. The summed E-state index contributed by atoms with van der Waals surface area (Å²) in [6.07, 6.45) is -9.91. The fourth-order valence-electron chi connectivity index (χ4n) is 7.58. The molecule has 2 saturated carbocycles. The van der Waals surface area contributed by atoms with Crippen molar-refractivity contribution in [3.05, 3.63) is 101 Å². The molecule has 1 spiro atoms. The van der Waals surface area contributed by atoms with E-state index in [0.717, 1.165) is 18.2 Å². The predicted octanol–water partition coefficient (Wildman–Crippen LogP) is 8.75. The van der Waals surface area contributed by atoms with Crippen molar-refractivity contribution in [1.29, 1.82) is 0 Å². The highest BCUT2D eigenvalue weighted by atomic mass is 32.2. The number of halogens is 9. The molecule has 6 rings (SSSR count). The lowest BCUT2D eigenvalue weighted by molar-refractivity contribution is -0.392. The van der Waals surface area contributed by atoms with Crippen molar-refractivity contribution in [2.75, 3.05) is 13.1 Å². The Labute approximate surface area is 284 Å². The van der Waals surface area contributed by atoms with Crippen molar-refractivity contribution in [3.8, 4) is 0 Å². The molecule has 3 fully saturated rings. The molecule has 3 aromatic carbocycles. The molecule has 0 aromatic heterocycles. The van der Waals surface area contributed by atoms with E-state index in [9.17, 15) is 54.2 Å². The number of carbonyl (C=O) groups excluding carboxylic acids is 1. The maximum Gasteiger partial charge on any atom is 0.430 e. The van der Waals surface area contributed by atoms with E-state index in [2.05, 4.69) is 4.74 Å². The van der Waals surface area contributed by atoms with E-state index in [4.69, 9.17) is 0 Å². The van der Waals surface area contributed by atoms with Crippen LogP contribution in [-0.2, 0) is 31.3 Å². The van der Waals surface area contributed by atoms with Gasteiger partial charge in [-0.1, -0.05) is 30.3 Å². The van der Waals surface area contributed by atoms with E-state index in [-0.39, 0.29) is 42.3 Å². The first-order chi connectivity index (χ1) is 23.4. The highest BCUT2D eigenvalue weighted by molar-refractivity contribution is 8.00. The van der Waals surface area contributed by atoms with Gasteiger partial charge < -0.3 is 14.7 Å². The lowest BCUT2D eigenvalue weighted by Crippen LogP contribution is -2.56. The third kappa shape index (κ3) is 6.35. The number of hydrogen-bond acceptors (Lipinski definition) is 4. The van der Waals surface area contributed by atoms with E-state index in [0.29, 0.717) is 54.8 Å². The van der Waals surface area contributed by atoms with Gasteiger partial charge in [0.25, 0.3) is 5.60 Å². The number of amides is 1. The molecule has 1 aliphatic heterocycles. The van der Waals surface area contributed by atoms with Crippen LogP contribution in [-0.4, -0.2) is 47.3 Å². The second-order valence-corrected chi connectivity index (χ2v) is 14.8. The minimum Gasteiger partial charge on any atom is -0.481 e. The number of thioether (sulfide) groups is 1. The number of carboxylic acid groups (broad SMARTS) is 1. The quantitative estimate of drug-likeness (QED) is 0.223. The molecule has 3 aromatic rings. The zero-order valence-electron chi connectivity index (χ0n) is 26.1. The standard InChI is InChI=1S/C35H30F9NO4S/c36-24-8-10-25(11-9-24)50-32(12-13-45(19-32)29(46)20-14-31(15-20)16-21(17-31)30(47)48)22-4-6-23(7-5-22)33(34(39,40)41,35(42,43)44)49-18-26-27(37)2-1-3-28(26)38/h1-11,20-21H,12-19H2,(H,47,48)/t20?,21?,31?,32-/m0/s1. The Morgan fingerprint density at radius 3 is 1.92 bits per heavy atom. The molecule has 1 saturated heterocycles. The van der Waals surface area contributed by atoms with Crippen LogP contribution >= 0.6 is 11.8 Å². The first-order valence-corrected chi connectivity index (χ1v) is 16.5. The topological polar surface area (TPSA) is 66.8 Å². The summed E-state index contributed by atoms with van der Waals surface area (Å²) in [5, 5.41) is 9.23. The van der Waals surface area contributed by atoms with E-state index < -0.39 is 69.8 Å². The fraction of sp³-hybridized carbons (Fsp3) is 0.429. The minimum atomic E-state index is -6.11. The number of carboxylic acids is 1. The van der Waals surface area contributed by atoms with E-state index in [1.54, 1.807) is 4.90 Å². The van der Waals surface area contributed by atoms with Gasteiger partial charge in [0.1, 0.15) is 17.5 Å². The Hall–Kier alpha value is -3.72. The number of rotatable bonds is 9. The molecule has 268 valence electrons. The van der Waals surface area contributed by atoms with Crippen molar-refractivity contribution < 1.29 is 58.9 Å². The molecular formula is C35H30F9NO4S. The van der Waals surface area contributed by atoms with Crippen molar-refractivity contribution in [1.82, 2.24) is 4.90 Å². The van der Waals surface area contributed by atoms with Crippen LogP contribution in [0.3, 0.4) is 0 Å². The summed E-state index contributed by atoms with van der Waals surface area (Å²) in [7, 11) is 0. The van der Waals surface area contributed by atoms with Crippen LogP contribution in [0.1, 0.15) is 48.8 Å². The largest absolute Gasteiger partial charge is 0.481 e. The summed E-state index contributed by atoms with van der Waals surface area (Å²) in [5.74, 6) is -5.10. The monoisotopic (exact) mass is 731 g/mol. The molecule has 2 aliphatic carbocycles. The van der Waals surface area contributed by atoms with Gasteiger partial charge in [0, 0.05) is 35.0 Å². The second-order valence-electron chi connectivity index (χ2n) is 13.4. The summed E-state index contributed by atoms with van der Waals surface area (Å²) >= 11 is 1.19. The van der Waals surface area contributed by atoms with Crippen LogP contribution in [0.15, 0.2) is 71.6 Å². The lowest BCUT2D eigenvalue weighted by atomic mass is 9.48. The van der Waals surface area contributed by atoms with E-state index in [1.807, 2.05) is 0 Å². The number of benzene rings is 3. The molecule has 0 radical (unpaired) electrons. The number of ether oxygens (including phenoxy) is 1. The number of hydrogen-bond donors (Lipinski definition) is 1. The Kier molecular flexibility index (Phi) is 9.24. The average molecular weight is 732 g/mol. The van der Waals surface area contributed by atoms with Crippen molar-refractivity contribution >= 4 is 23.6 Å². The van der Waals surface area contributed by atoms with Gasteiger partial charge in [0.05, 0.1) is 17.3 Å². The van der Waals surface area contributed by atoms with Crippen LogP contribution in [0.4, 0.5) is 39.5 Å². The first-order valence-electron chi connectivity index (χ1n) is 15.7. The third-order valence-corrected chi connectivity index (χ3v) is 11.7. The molecule has 3 aliphatic rings. The molecule has 0 unspecified atom stereocenters. The number of nitrogens with zero attached hydrogens (tertiary/aromatic N) is 1. The van der Waals surface area contributed by atoms with Gasteiger partial charge in [0.2, 0.25) is 5.91 Å². The molecule has 1 heterocycles. The van der Waals surface area contributed by atoms with Crippen LogP contribution in [0.5, 0.6) is 0 Å². The van der Waals surface area contributed by atoms with Gasteiger partial charge in [-0.25, -0.2) is 13.2 Å². The van der Waals surface area contributed by atoms with Crippen LogP contribution in [0, 0.1) is 34.7 Å². The minimum absolute atomic E-state index is 0.0429. The SMILES string of the molecule is O=C(O)C1CC2(C1)CC(C(=O)N1CC[C@@](Sc3ccc(F)cc3)(c3ccc(C(OCc4c(F)cccc4F)(C(F)(F)F)C(F)(F)F)cc3)C1)C2. The number of carbonyl (C=O) groups is 2. The highest BCUT2D eigenvalue weighted by Gasteiger charge is 2.73. The summed E-state index contributed by atoms with van der Waals surface area (Å²) in [5.41, 5.74) is -7.32. The molecule has 5 nitrogen and oxygen atoms in total. The van der Waals surface area contributed by atoms with Crippen LogP contribution in [0.2, 0.25) is 0 Å². The predicted molar refractivity (Wildman–Crippen MR) is 162 cm³/mol. The molecule has 50 heavy (non-hydrogen) atoms. The fourth-order valence-corrected chi connectivity index (χ4v) is 8.97. The number of alkyl halides is 6. The van der Waals surface area contributed by atoms with E-state index >= 15 is 0 Å². The summed E-state index contributed by atoms with van der Waals surface area (Å²) in [6.45, 7) is -1.41. The Morgan fingerprint density at radius 1 is 0.820 bits per heavy atom. The van der Waals surface area contributed by atoms with Crippen LogP contribution in [0.25, 0.3) is 0 Å². The summed E-state index contributed by atoms with van der Waals surface area (Å²) in [6, 6.07) is 11.0. The normalized spacial score (nSPS) is 25.3. The van der Waals surface area contributed by atoms with Crippen molar-refractivity contribution in [2.24, 2.45) is 17.3 Å². The lowest BCUT2D eigenvalue weighted by Gasteiger charge is -2.56. The smallest absolute Gasteiger partial charge is 0.430 e. The van der Waals surface area contributed by atoms with Crippen molar-refractivity contribution in [3.63, 3.8) is 0 Å². The number of aliphatic carboxylic acids is 1. The molecule has 15 heteroatoms.